The molecule has 0 saturated heterocycles. The van der Waals surface area contributed by atoms with E-state index < -0.39 is 24.8 Å². The van der Waals surface area contributed by atoms with E-state index in [4.69, 9.17) is 14.6 Å². The molecule has 0 spiro atoms. The van der Waals surface area contributed by atoms with Crippen molar-refractivity contribution in [1.29, 1.82) is 0 Å². The van der Waals surface area contributed by atoms with E-state index in [9.17, 15) is 14.0 Å². The van der Waals surface area contributed by atoms with Gasteiger partial charge in [-0.25, -0.2) is 18.9 Å². The molecular formula is C24H34FN5O5. The number of carboxylic acids is 1. The normalized spacial score (nSPS) is 14.3. The number of unbranched alkanes of at least 4 members (excludes halogenated alkanes) is 1. The Bertz CT molecular complexity index is 1010. The van der Waals surface area contributed by atoms with Gasteiger partial charge in [-0.15, -0.1) is 5.10 Å². The zero-order valence-electron chi connectivity index (χ0n) is 20.6. The fourth-order valence-electron chi connectivity index (χ4n) is 3.92. The molecule has 1 saturated carbocycles. The summed E-state index contributed by atoms with van der Waals surface area (Å²) in [6.07, 6.45) is 3.96. The number of hydrogen-bond acceptors (Lipinski definition) is 7. The minimum Gasteiger partial charge on any atom is -0.486 e. The maximum absolute atomic E-state index is 13.4. The summed E-state index contributed by atoms with van der Waals surface area (Å²) in [4.78, 5) is 29.2. The lowest BCUT2D eigenvalue weighted by Gasteiger charge is -2.29. The number of hydrogen-bond donors (Lipinski definition) is 1. The molecule has 35 heavy (non-hydrogen) atoms. The molecule has 11 heteroatoms. The van der Waals surface area contributed by atoms with E-state index in [2.05, 4.69) is 15.3 Å². The van der Waals surface area contributed by atoms with Crippen molar-refractivity contribution < 1.29 is 28.6 Å². The van der Waals surface area contributed by atoms with E-state index in [1.807, 2.05) is 0 Å². The molecule has 1 atom stereocenters. The van der Waals surface area contributed by atoms with E-state index in [1.54, 1.807) is 42.7 Å². The van der Waals surface area contributed by atoms with Gasteiger partial charge in [0.1, 0.15) is 36.5 Å². The molecule has 1 amide bonds. The first-order valence-electron chi connectivity index (χ1n) is 12.0. The Morgan fingerprint density at radius 1 is 1.31 bits per heavy atom. The summed E-state index contributed by atoms with van der Waals surface area (Å²) in [6, 6.07) is 3.41. The molecule has 0 aromatic carbocycles. The summed E-state index contributed by atoms with van der Waals surface area (Å²) in [7, 11) is 3.46. The van der Waals surface area contributed by atoms with E-state index in [0.29, 0.717) is 60.3 Å². The first-order chi connectivity index (χ1) is 16.8. The van der Waals surface area contributed by atoms with Crippen molar-refractivity contribution in [3.8, 4) is 17.1 Å². The molecule has 0 bridgehead atoms. The maximum atomic E-state index is 13.4. The van der Waals surface area contributed by atoms with Crippen LogP contribution in [0.15, 0.2) is 12.1 Å². The van der Waals surface area contributed by atoms with Crippen LogP contribution in [0.5, 0.6) is 5.75 Å². The highest BCUT2D eigenvalue weighted by Crippen LogP contribution is 2.28. The van der Waals surface area contributed by atoms with Crippen molar-refractivity contribution in [2.24, 2.45) is 13.0 Å². The molecule has 1 fully saturated rings. The molecule has 192 valence electrons. The minimum absolute atomic E-state index is 0.00587. The van der Waals surface area contributed by atoms with Gasteiger partial charge < -0.3 is 19.5 Å². The van der Waals surface area contributed by atoms with Gasteiger partial charge in [-0.3, -0.25) is 4.79 Å². The standard InChI is InChI=1S/C24H34FN5O5/c1-16-21(35-18(13-25)9-4-5-10-22(31)32)12-11-19(26-16)23-20(30(3)28-27-23)15-34-24(33)29(2)14-17-7-6-8-17/h11-12,17-18H,4-10,13-15H2,1-3H3,(H,31,32)/t18-/m0/s1. The van der Waals surface area contributed by atoms with Gasteiger partial charge in [-0.2, -0.15) is 0 Å². The number of rotatable bonds is 13. The van der Waals surface area contributed by atoms with Crippen LogP contribution >= 0.6 is 0 Å². The summed E-state index contributed by atoms with van der Waals surface area (Å²) >= 11 is 0. The van der Waals surface area contributed by atoms with Crippen LogP contribution in [0.2, 0.25) is 0 Å². The fourth-order valence-corrected chi connectivity index (χ4v) is 3.92. The van der Waals surface area contributed by atoms with Gasteiger partial charge in [0.25, 0.3) is 0 Å². The van der Waals surface area contributed by atoms with Gasteiger partial charge in [0.05, 0.1) is 11.4 Å². The van der Waals surface area contributed by atoms with E-state index in [0.717, 1.165) is 12.8 Å². The van der Waals surface area contributed by atoms with Crippen LogP contribution in [-0.4, -0.2) is 68.4 Å². The quantitative estimate of drug-likeness (QED) is 0.419. The Kier molecular flexibility index (Phi) is 9.39. The number of aliphatic carboxylic acids is 1. The molecule has 1 aliphatic carbocycles. The predicted octanol–water partition coefficient (Wildman–Crippen LogP) is 3.92. The van der Waals surface area contributed by atoms with Crippen LogP contribution < -0.4 is 4.74 Å². The lowest BCUT2D eigenvalue weighted by atomic mass is 9.85. The number of aryl methyl sites for hydroxylation is 2. The van der Waals surface area contributed by atoms with Crippen molar-refractivity contribution in [1.82, 2.24) is 24.9 Å². The van der Waals surface area contributed by atoms with E-state index >= 15 is 0 Å². The molecule has 2 aromatic heterocycles. The van der Waals surface area contributed by atoms with Gasteiger partial charge in [0.15, 0.2) is 0 Å². The van der Waals surface area contributed by atoms with Crippen molar-refractivity contribution in [3.63, 3.8) is 0 Å². The third-order valence-corrected chi connectivity index (χ3v) is 6.26. The molecule has 1 N–H and O–H groups in total. The summed E-state index contributed by atoms with van der Waals surface area (Å²) in [5.41, 5.74) is 2.19. The second-order valence-electron chi connectivity index (χ2n) is 9.05. The number of carbonyl (C=O) groups is 2. The third kappa shape index (κ3) is 7.37. The zero-order valence-corrected chi connectivity index (χ0v) is 20.6. The number of carbonyl (C=O) groups excluding carboxylic acids is 1. The van der Waals surface area contributed by atoms with Gasteiger partial charge in [-0.1, -0.05) is 11.6 Å². The number of carboxylic acid groups (broad SMARTS) is 1. The molecule has 0 radical (unpaired) electrons. The number of nitrogens with zero attached hydrogens (tertiary/aromatic N) is 5. The summed E-state index contributed by atoms with van der Waals surface area (Å²) in [5.74, 6) is 0.137. The zero-order chi connectivity index (χ0) is 25.4. The van der Waals surface area contributed by atoms with Crippen LogP contribution in [0, 0.1) is 12.8 Å². The van der Waals surface area contributed by atoms with Crippen molar-refractivity contribution in [2.45, 2.75) is 64.6 Å². The molecule has 0 aliphatic heterocycles. The Morgan fingerprint density at radius 2 is 2.09 bits per heavy atom. The predicted molar refractivity (Wildman–Crippen MR) is 126 cm³/mol. The average molecular weight is 492 g/mol. The highest BCUT2D eigenvalue weighted by atomic mass is 19.1. The van der Waals surface area contributed by atoms with Crippen LogP contribution in [0.1, 0.15) is 56.3 Å². The van der Waals surface area contributed by atoms with Crippen LogP contribution in [0.3, 0.4) is 0 Å². The van der Waals surface area contributed by atoms with Gasteiger partial charge >= 0.3 is 12.1 Å². The number of amides is 1. The van der Waals surface area contributed by atoms with E-state index in [-0.39, 0.29) is 13.0 Å². The second-order valence-corrected chi connectivity index (χ2v) is 9.05. The van der Waals surface area contributed by atoms with Gasteiger partial charge in [0.2, 0.25) is 0 Å². The Labute approximate surface area is 204 Å². The molecule has 1 aliphatic rings. The topological polar surface area (TPSA) is 120 Å². The Balaban J connectivity index is 1.61. The maximum Gasteiger partial charge on any atom is 0.409 e. The monoisotopic (exact) mass is 491 g/mol. The summed E-state index contributed by atoms with van der Waals surface area (Å²) in [5, 5.41) is 17.0. The van der Waals surface area contributed by atoms with Gasteiger partial charge in [0, 0.05) is 27.1 Å². The molecule has 0 unspecified atom stereocenters. The largest absolute Gasteiger partial charge is 0.486 e. The van der Waals surface area contributed by atoms with Crippen molar-refractivity contribution >= 4 is 12.1 Å². The first kappa shape index (κ1) is 26.4. The number of ether oxygens (including phenoxy) is 2. The average Bonchev–Trinajstić information content (AvgIpc) is 3.17. The Morgan fingerprint density at radius 3 is 2.71 bits per heavy atom. The highest BCUT2D eigenvalue weighted by molar-refractivity contribution is 5.67. The van der Waals surface area contributed by atoms with Crippen molar-refractivity contribution in [3.05, 3.63) is 23.5 Å². The molecule has 3 rings (SSSR count). The number of alkyl halides is 1. The second kappa shape index (κ2) is 12.5. The van der Waals surface area contributed by atoms with Crippen molar-refractivity contribution in [2.75, 3.05) is 20.3 Å². The summed E-state index contributed by atoms with van der Waals surface area (Å²) < 4.78 is 26.3. The molecule has 2 aromatic rings. The number of aromatic nitrogens is 4. The molecular weight excluding hydrogens is 457 g/mol. The SMILES string of the molecule is Cc1nc(-c2nnn(C)c2COC(=O)N(C)CC2CCC2)ccc1O[C@H](CF)CCCCC(=O)O. The lowest BCUT2D eigenvalue weighted by Crippen LogP contribution is -2.34. The lowest BCUT2D eigenvalue weighted by molar-refractivity contribution is -0.137. The first-order valence-corrected chi connectivity index (χ1v) is 12.0. The molecule has 2 heterocycles. The van der Waals surface area contributed by atoms with Crippen LogP contribution in [-0.2, 0) is 23.2 Å². The molecule has 10 nitrogen and oxygen atoms in total. The van der Waals surface area contributed by atoms with Crippen LogP contribution in [0.25, 0.3) is 11.4 Å². The number of pyridine rings is 1. The third-order valence-electron chi connectivity index (χ3n) is 6.26. The number of halogens is 1. The van der Waals surface area contributed by atoms with E-state index in [1.165, 1.54) is 6.42 Å². The Hall–Kier alpha value is -3.24. The van der Waals surface area contributed by atoms with Crippen LogP contribution in [0.4, 0.5) is 9.18 Å². The minimum atomic E-state index is -0.864. The summed E-state index contributed by atoms with van der Waals surface area (Å²) in [6.45, 7) is 1.77. The van der Waals surface area contributed by atoms with Gasteiger partial charge in [-0.05, 0) is 57.1 Å². The highest BCUT2D eigenvalue weighted by Gasteiger charge is 2.23. The smallest absolute Gasteiger partial charge is 0.409 e. The fraction of sp³-hybridized carbons (Fsp3) is 0.625.